The van der Waals surface area contributed by atoms with Gasteiger partial charge in [0, 0.05) is 25.9 Å². The summed E-state index contributed by atoms with van der Waals surface area (Å²) in [4.78, 5) is 12.9. The van der Waals surface area contributed by atoms with Gasteiger partial charge in [0.25, 0.3) is 5.91 Å². The van der Waals surface area contributed by atoms with E-state index in [0.717, 1.165) is 16.8 Å². The third-order valence-corrected chi connectivity index (χ3v) is 2.98. The summed E-state index contributed by atoms with van der Waals surface area (Å²) in [7, 11) is 3.11. The van der Waals surface area contributed by atoms with E-state index in [1.165, 1.54) is 17.2 Å². The molecule has 0 aliphatic carbocycles. The van der Waals surface area contributed by atoms with Crippen LogP contribution in [0, 0.1) is 11.6 Å². The topological polar surface area (TPSA) is 64.2 Å². The van der Waals surface area contributed by atoms with Gasteiger partial charge in [0.1, 0.15) is 10.7 Å². The monoisotopic (exact) mass is 310 g/mol. The Bertz CT molecular complexity index is 704. The van der Waals surface area contributed by atoms with Crippen LogP contribution in [0.4, 0.5) is 8.78 Å². The van der Waals surface area contributed by atoms with E-state index in [9.17, 15) is 13.6 Å². The summed E-state index contributed by atoms with van der Waals surface area (Å²) in [6.45, 7) is 0. The molecule has 0 aliphatic rings. The Morgan fingerprint density at radius 3 is 2.38 bits per heavy atom. The molecule has 0 unspecified atom stereocenters. The third-order valence-electron chi connectivity index (χ3n) is 2.74. The number of nitrogens with zero attached hydrogens (tertiary/aromatic N) is 3. The molecule has 0 bridgehead atoms. The number of halogens is 2. The minimum Gasteiger partial charge on any atom is -0.389 e. The molecule has 1 amide bonds. The Kier molecular flexibility index (Phi) is 3.99. The lowest BCUT2D eigenvalue weighted by molar-refractivity contribution is 0.0821. The molecule has 0 saturated heterocycles. The summed E-state index contributed by atoms with van der Waals surface area (Å²) in [6.07, 6.45) is 1.30. The van der Waals surface area contributed by atoms with Gasteiger partial charge in [-0.25, -0.2) is 13.5 Å². The zero-order valence-corrected chi connectivity index (χ0v) is 12.1. The van der Waals surface area contributed by atoms with Crippen LogP contribution in [0.3, 0.4) is 0 Å². The smallest absolute Gasteiger partial charge is 0.273 e. The molecule has 1 heterocycles. The van der Waals surface area contributed by atoms with Gasteiger partial charge in [-0.1, -0.05) is 12.2 Å². The summed E-state index contributed by atoms with van der Waals surface area (Å²) in [5.41, 5.74) is 5.11. The fourth-order valence-corrected chi connectivity index (χ4v) is 1.84. The van der Waals surface area contributed by atoms with E-state index in [1.807, 2.05) is 0 Å². The first-order valence-corrected chi connectivity index (χ1v) is 6.28. The van der Waals surface area contributed by atoms with Crippen molar-refractivity contribution in [3.63, 3.8) is 0 Å². The van der Waals surface area contributed by atoms with Crippen LogP contribution in [0.1, 0.15) is 16.1 Å². The Morgan fingerprint density at radius 1 is 1.33 bits per heavy atom. The van der Waals surface area contributed by atoms with Crippen molar-refractivity contribution in [1.82, 2.24) is 14.7 Å². The molecule has 0 saturated carbocycles. The van der Waals surface area contributed by atoms with Crippen molar-refractivity contribution in [1.29, 1.82) is 0 Å². The molecule has 8 heteroatoms. The molecular formula is C13H12F2N4OS. The quantitative estimate of drug-likeness (QED) is 0.872. The van der Waals surface area contributed by atoms with Gasteiger partial charge < -0.3 is 10.6 Å². The number of carbonyl (C=O) groups excluding carboxylic acids is 1. The first kappa shape index (κ1) is 15.0. The van der Waals surface area contributed by atoms with E-state index in [1.54, 1.807) is 14.1 Å². The molecule has 110 valence electrons. The Labute approximate surface area is 125 Å². The number of hydrogen-bond donors (Lipinski definition) is 1. The highest BCUT2D eigenvalue weighted by Gasteiger charge is 2.18. The average molecular weight is 310 g/mol. The molecule has 0 fully saturated rings. The molecule has 1 aromatic heterocycles. The minimum absolute atomic E-state index is 0.0808. The highest BCUT2D eigenvalue weighted by atomic mass is 32.1. The molecule has 2 rings (SSSR count). The number of benzene rings is 1. The Hall–Kier alpha value is -2.35. The Morgan fingerprint density at radius 2 is 1.90 bits per heavy atom. The number of aromatic nitrogens is 2. The van der Waals surface area contributed by atoms with E-state index in [-0.39, 0.29) is 22.2 Å². The van der Waals surface area contributed by atoms with E-state index in [0.29, 0.717) is 0 Å². The maximum Gasteiger partial charge on any atom is 0.273 e. The largest absolute Gasteiger partial charge is 0.389 e. The standard InChI is InChI=1S/C13H12F2N4OS/c1-18(2)13(20)10-3-4-19(17-10)11-8(14)5-7(12(16)21)6-9(11)15/h3-6H,1-2H3,(H2,16,21). The lowest BCUT2D eigenvalue weighted by Crippen LogP contribution is -2.22. The number of amides is 1. The lowest BCUT2D eigenvalue weighted by atomic mass is 10.2. The molecule has 2 N–H and O–H groups in total. The number of hydrogen-bond acceptors (Lipinski definition) is 3. The van der Waals surface area contributed by atoms with Gasteiger partial charge in [0.15, 0.2) is 17.3 Å². The van der Waals surface area contributed by atoms with Crippen LogP contribution in [0.2, 0.25) is 0 Å². The van der Waals surface area contributed by atoms with Crippen LogP contribution in [0.5, 0.6) is 0 Å². The zero-order valence-electron chi connectivity index (χ0n) is 11.3. The second-order valence-electron chi connectivity index (χ2n) is 4.50. The predicted molar refractivity (Wildman–Crippen MR) is 77.4 cm³/mol. The van der Waals surface area contributed by atoms with E-state index < -0.39 is 17.3 Å². The second-order valence-corrected chi connectivity index (χ2v) is 4.94. The summed E-state index contributed by atoms with van der Waals surface area (Å²) in [5, 5.41) is 3.88. The van der Waals surface area contributed by atoms with Crippen molar-refractivity contribution in [3.8, 4) is 5.69 Å². The fraction of sp³-hybridized carbons (Fsp3) is 0.154. The molecule has 1 aromatic carbocycles. The van der Waals surface area contributed by atoms with Crippen molar-refractivity contribution in [3.05, 3.63) is 47.3 Å². The van der Waals surface area contributed by atoms with Crippen LogP contribution in [-0.4, -0.2) is 39.7 Å². The zero-order chi connectivity index (χ0) is 15.7. The van der Waals surface area contributed by atoms with Gasteiger partial charge in [-0.05, 0) is 18.2 Å². The Balaban J connectivity index is 2.48. The molecule has 0 atom stereocenters. The fourth-order valence-electron chi connectivity index (χ4n) is 1.72. The summed E-state index contributed by atoms with van der Waals surface area (Å²) in [6, 6.07) is 3.43. The average Bonchev–Trinajstić information content (AvgIpc) is 2.86. The van der Waals surface area contributed by atoms with E-state index in [4.69, 9.17) is 5.73 Å². The molecule has 21 heavy (non-hydrogen) atoms. The van der Waals surface area contributed by atoms with Crippen molar-refractivity contribution in [2.75, 3.05) is 14.1 Å². The van der Waals surface area contributed by atoms with Gasteiger partial charge in [-0.3, -0.25) is 4.79 Å². The number of carbonyl (C=O) groups is 1. The van der Waals surface area contributed by atoms with Gasteiger partial charge in [0.05, 0.1) is 0 Å². The van der Waals surface area contributed by atoms with Crippen LogP contribution >= 0.6 is 12.2 Å². The second kappa shape index (κ2) is 5.57. The molecular weight excluding hydrogens is 298 g/mol. The van der Waals surface area contributed by atoms with Gasteiger partial charge in [-0.2, -0.15) is 5.10 Å². The summed E-state index contributed by atoms with van der Waals surface area (Å²) >= 11 is 4.68. The maximum atomic E-state index is 14.0. The SMILES string of the molecule is CN(C)C(=O)c1ccn(-c2c(F)cc(C(N)=S)cc2F)n1. The first-order valence-electron chi connectivity index (χ1n) is 5.88. The predicted octanol–water partition coefficient (Wildman–Crippen LogP) is 1.49. The molecule has 2 aromatic rings. The van der Waals surface area contributed by atoms with Crippen LogP contribution in [0.15, 0.2) is 24.4 Å². The van der Waals surface area contributed by atoms with E-state index >= 15 is 0 Å². The van der Waals surface area contributed by atoms with Gasteiger partial charge in [0.2, 0.25) is 0 Å². The number of rotatable bonds is 3. The highest BCUT2D eigenvalue weighted by molar-refractivity contribution is 7.80. The van der Waals surface area contributed by atoms with Crippen LogP contribution < -0.4 is 5.73 Å². The molecule has 0 aliphatic heterocycles. The van der Waals surface area contributed by atoms with Crippen LogP contribution in [-0.2, 0) is 0 Å². The molecule has 0 spiro atoms. The van der Waals surface area contributed by atoms with Gasteiger partial charge >= 0.3 is 0 Å². The summed E-state index contributed by atoms with van der Waals surface area (Å²) in [5.74, 6) is -2.11. The minimum atomic E-state index is -0.871. The highest BCUT2D eigenvalue weighted by Crippen LogP contribution is 2.20. The first-order chi connectivity index (χ1) is 9.81. The lowest BCUT2D eigenvalue weighted by Gasteiger charge is -2.08. The van der Waals surface area contributed by atoms with Crippen molar-refractivity contribution >= 4 is 23.1 Å². The number of nitrogens with two attached hydrogens (primary N) is 1. The van der Waals surface area contributed by atoms with Gasteiger partial charge in [-0.15, -0.1) is 0 Å². The van der Waals surface area contributed by atoms with Crippen molar-refractivity contribution in [2.45, 2.75) is 0 Å². The normalized spacial score (nSPS) is 10.5. The van der Waals surface area contributed by atoms with Crippen molar-refractivity contribution in [2.24, 2.45) is 5.73 Å². The van der Waals surface area contributed by atoms with Crippen molar-refractivity contribution < 1.29 is 13.6 Å². The summed E-state index contributed by atoms with van der Waals surface area (Å²) < 4.78 is 29.0. The molecule has 0 radical (unpaired) electrons. The number of thiocarbonyl (C=S) groups is 1. The third kappa shape index (κ3) is 2.89. The van der Waals surface area contributed by atoms with Crippen LogP contribution in [0.25, 0.3) is 5.69 Å². The maximum absolute atomic E-state index is 14.0. The van der Waals surface area contributed by atoms with E-state index in [2.05, 4.69) is 17.3 Å². The molecule has 5 nitrogen and oxygen atoms in total.